The smallest absolute Gasteiger partial charge is 0.355 e. The monoisotopic (exact) mass is 498 g/mol. The molecule has 1 aliphatic rings. The number of aromatic nitrogens is 1. The van der Waals surface area contributed by atoms with Gasteiger partial charge < -0.3 is 24.6 Å². The molecular formula is C25H30N4O7. The molecule has 0 spiro atoms. The zero-order valence-corrected chi connectivity index (χ0v) is 21.0. The second-order valence-electron chi connectivity index (χ2n) is 8.85. The molecule has 0 radical (unpaired) electrons. The van der Waals surface area contributed by atoms with Crippen LogP contribution in [0.2, 0.25) is 0 Å². The van der Waals surface area contributed by atoms with E-state index in [0.717, 1.165) is 0 Å². The highest BCUT2D eigenvalue weighted by Crippen LogP contribution is 2.41. The predicted molar refractivity (Wildman–Crippen MR) is 132 cm³/mol. The largest absolute Gasteiger partial charge is 0.507 e. The molecule has 0 saturated carbocycles. The van der Waals surface area contributed by atoms with Crippen LogP contribution in [-0.4, -0.2) is 76.3 Å². The molecule has 1 unspecified atom stereocenters. The van der Waals surface area contributed by atoms with Gasteiger partial charge in [0.05, 0.1) is 23.1 Å². The SMILES string of the molecule is CCOC(=O)c1[nH]c(C)c(/C(O)=C2/C(=O)C(=O)N(CCCN(C)C)C2c2cccc([N+](=O)[O-])c2)c1C. The number of hydrogen-bond donors (Lipinski definition) is 2. The van der Waals surface area contributed by atoms with Crippen molar-refractivity contribution in [2.75, 3.05) is 33.8 Å². The number of esters is 1. The van der Waals surface area contributed by atoms with Crippen LogP contribution in [0.5, 0.6) is 0 Å². The van der Waals surface area contributed by atoms with Gasteiger partial charge in [0.1, 0.15) is 11.5 Å². The number of aromatic amines is 1. The number of benzene rings is 1. The summed E-state index contributed by atoms with van der Waals surface area (Å²) in [4.78, 5) is 55.7. The van der Waals surface area contributed by atoms with Gasteiger partial charge in [-0.1, -0.05) is 12.1 Å². The molecule has 0 bridgehead atoms. The number of hydrogen-bond acceptors (Lipinski definition) is 8. The molecule has 2 aromatic rings. The van der Waals surface area contributed by atoms with Crippen molar-refractivity contribution in [2.24, 2.45) is 0 Å². The highest BCUT2D eigenvalue weighted by Gasteiger charge is 2.46. The molecule has 1 saturated heterocycles. The number of H-pyrrole nitrogens is 1. The number of likely N-dealkylation sites (tertiary alicyclic amines) is 1. The van der Waals surface area contributed by atoms with Crippen molar-refractivity contribution in [3.05, 3.63) is 68.0 Å². The zero-order valence-electron chi connectivity index (χ0n) is 21.0. The molecule has 1 aromatic heterocycles. The summed E-state index contributed by atoms with van der Waals surface area (Å²) < 4.78 is 5.06. The average molecular weight is 499 g/mol. The molecule has 3 rings (SSSR count). The second-order valence-corrected chi connectivity index (χ2v) is 8.85. The lowest BCUT2D eigenvalue weighted by atomic mass is 9.93. The van der Waals surface area contributed by atoms with Crippen LogP contribution in [-0.2, 0) is 14.3 Å². The number of aryl methyl sites for hydroxylation is 1. The number of aliphatic hydroxyl groups excluding tert-OH is 1. The summed E-state index contributed by atoms with van der Waals surface area (Å²) in [6, 6.07) is 4.62. The quantitative estimate of drug-likeness (QED) is 0.134. The van der Waals surface area contributed by atoms with Crippen molar-refractivity contribution >= 4 is 29.1 Å². The Bertz CT molecular complexity index is 1250. The Balaban J connectivity index is 2.20. The second kappa shape index (κ2) is 10.7. The number of carbonyl (C=O) groups excluding carboxylic acids is 3. The van der Waals surface area contributed by atoms with Crippen LogP contribution in [0.15, 0.2) is 29.8 Å². The molecule has 2 heterocycles. The number of amides is 1. The Kier molecular flexibility index (Phi) is 7.93. The lowest BCUT2D eigenvalue weighted by molar-refractivity contribution is -0.384. The van der Waals surface area contributed by atoms with Crippen LogP contribution >= 0.6 is 0 Å². The molecule has 1 aliphatic heterocycles. The number of nitrogens with one attached hydrogen (secondary N) is 1. The maximum Gasteiger partial charge on any atom is 0.355 e. The molecule has 11 nitrogen and oxygen atoms in total. The topological polar surface area (TPSA) is 146 Å². The number of carbonyl (C=O) groups is 3. The van der Waals surface area contributed by atoms with E-state index >= 15 is 0 Å². The molecule has 11 heteroatoms. The average Bonchev–Trinajstić information content (AvgIpc) is 3.26. The lowest BCUT2D eigenvalue weighted by Crippen LogP contribution is -2.32. The number of ketones is 1. The molecule has 1 amide bonds. The van der Waals surface area contributed by atoms with E-state index in [9.17, 15) is 29.6 Å². The number of non-ortho nitro benzene ring substituents is 1. The third-order valence-corrected chi connectivity index (χ3v) is 6.09. The summed E-state index contributed by atoms with van der Waals surface area (Å²) in [7, 11) is 3.76. The predicted octanol–water partition coefficient (Wildman–Crippen LogP) is 3.09. The van der Waals surface area contributed by atoms with Crippen molar-refractivity contribution in [1.82, 2.24) is 14.8 Å². The van der Waals surface area contributed by atoms with Crippen LogP contribution in [0, 0.1) is 24.0 Å². The first-order chi connectivity index (χ1) is 17.0. The van der Waals surface area contributed by atoms with Crippen molar-refractivity contribution in [2.45, 2.75) is 33.2 Å². The maximum absolute atomic E-state index is 13.2. The van der Waals surface area contributed by atoms with Gasteiger partial charge in [-0.3, -0.25) is 19.7 Å². The first-order valence-electron chi connectivity index (χ1n) is 11.5. The van der Waals surface area contributed by atoms with Gasteiger partial charge in [-0.05, 0) is 59.0 Å². The van der Waals surface area contributed by atoms with Crippen LogP contribution < -0.4 is 0 Å². The number of ether oxygens (including phenoxy) is 1. The minimum absolute atomic E-state index is 0.128. The van der Waals surface area contributed by atoms with Gasteiger partial charge in [0.15, 0.2) is 0 Å². The standard InChI is InChI=1S/C25H30N4O7/c1-6-36-25(33)20-14(2)18(15(3)26-20)22(30)19-21(16-9-7-10-17(13-16)29(34)35)28(24(32)23(19)31)12-8-11-27(4)5/h7,9-10,13,21,26,30H,6,8,11-12H2,1-5H3/b22-19-. The summed E-state index contributed by atoms with van der Waals surface area (Å²) in [5, 5.41) is 22.8. The minimum Gasteiger partial charge on any atom is -0.507 e. The van der Waals surface area contributed by atoms with Crippen molar-refractivity contribution in [3.63, 3.8) is 0 Å². The summed E-state index contributed by atoms with van der Waals surface area (Å²) in [5.41, 5.74) is 1.04. The number of aliphatic hydroxyl groups is 1. The highest BCUT2D eigenvalue weighted by molar-refractivity contribution is 6.46. The van der Waals surface area contributed by atoms with Crippen LogP contribution in [0.3, 0.4) is 0 Å². The molecule has 36 heavy (non-hydrogen) atoms. The molecule has 1 fully saturated rings. The number of rotatable bonds is 9. The molecule has 192 valence electrons. The normalized spacial score (nSPS) is 17.2. The third kappa shape index (κ3) is 5.01. The summed E-state index contributed by atoms with van der Waals surface area (Å²) in [6.45, 7) is 5.89. The molecule has 2 N–H and O–H groups in total. The fourth-order valence-electron chi connectivity index (χ4n) is 4.47. The van der Waals surface area contributed by atoms with Gasteiger partial charge in [0.25, 0.3) is 17.4 Å². The fraction of sp³-hybridized carbons (Fsp3) is 0.400. The Hall–Kier alpha value is -3.99. The Morgan fingerprint density at radius 1 is 1.28 bits per heavy atom. The number of nitro benzene ring substituents is 1. The first kappa shape index (κ1) is 26.6. The van der Waals surface area contributed by atoms with Gasteiger partial charge in [-0.15, -0.1) is 0 Å². The summed E-state index contributed by atoms with van der Waals surface area (Å²) in [5.74, 6) is -2.77. The Morgan fingerprint density at radius 2 is 1.97 bits per heavy atom. The minimum atomic E-state index is -1.04. The van der Waals surface area contributed by atoms with Gasteiger partial charge in [0.2, 0.25) is 0 Å². The van der Waals surface area contributed by atoms with E-state index < -0.39 is 34.4 Å². The number of nitrogens with zero attached hydrogens (tertiary/aromatic N) is 3. The van der Waals surface area contributed by atoms with Crippen LogP contribution in [0.1, 0.15) is 52.3 Å². The summed E-state index contributed by atoms with van der Waals surface area (Å²) >= 11 is 0. The van der Waals surface area contributed by atoms with E-state index in [4.69, 9.17) is 4.74 Å². The zero-order chi connectivity index (χ0) is 26.7. The highest BCUT2D eigenvalue weighted by atomic mass is 16.6. The first-order valence-corrected chi connectivity index (χ1v) is 11.5. The maximum atomic E-state index is 13.2. The molecule has 0 aliphatic carbocycles. The van der Waals surface area contributed by atoms with E-state index in [0.29, 0.717) is 29.8 Å². The molecular weight excluding hydrogens is 468 g/mol. The van der Waals surface area contributed by atoms with Crippen molar-refractivity contribution in [1.29, 1.82) is 0 Å². The van der Waals surface area contributed by atoms with Crippen LogP contribution in [0.25, 0.3) is 5.76 Å². The molecule has 1 aromatic carbocycles. The van der Waals surface area contributed by atoms with Crippen LogP contribution in [0.4, 0.5) is 5.69 Å². The van der Waals surface area contributed by atoms with Gasteiger partial charge >= 0.3 is 5.97 Å². The van der Waals surface area contributed by atoms with Crippen molar-refractivity contribution in [3.8, 4) is 0 Å². The van der Waals surface area contributed by atoms with E-state index in [1.807, 2.05) is 19.0 Å². The fourth-order valence-corrected chi connectivity index (χ4v) is 4.47. The Labute approximate surface area is 208 Å². The molecule has 1 atom stereocenters. The lowest BCUT2D eigenvalue weighted by Gasteiger charge is -2.26. The number of nitro groups is 1. The van der Waals surface area contributed by atoms with E-state index in [-0.39, 0.29) is 35.7 Å². The van der Waals surface area contributed by atoms with E-state index in [2.05, 4.69) is 4.98 Å². The Morgan fingerprint density at radius 3 is 2.58 bits per heavy atom. The van der Waals surface area contributed by atoms with Crippen molar-refractivity contribution < 1.29 is 29.2 Å². The van der Waals surface area contributed by atoms with E-state index in [1.165, 1.54) is 23.1 Å². The summed E-state index contributed by atoms with van der Waals surface area (Å²) in [6.07, 6.45) is 0.542. The van der Waals surface area contributed by atoms with E-state index in [1.54, 1.807) is 26.8 Å². The third-order valence-electron chi connectivity index (χ3n) is 6.09. The van der Waals surface area contributed by atoms with Gasteiger partial charge in [-0.25, -0.2) is 4.79 Å². The van der Waals surface area contributed by atoms with Gasteiger partial charge in [-0.2, -0.15) is 0 Å². The van der Waals surface area contributed by atoms with Gasteiger partial charge in [0, 0.05) is 29.9 Å². The number of Topliss-reactive ketones (excluding diaryl/α,β-unsaturated/α-hetero) is 1.